The Morgan fingerprint density at radius 1 is 0.667 bits per heavy atom. The van der Waals surface area contributed by atoms with Crippen molar-refractivity contribution in [1.29, 1.82) is 0 Å². The van der Waals surface area contributed by atoms with Crippen LogP contribution in [0.2, 0.25) is 0 Å². The number of halogens is 3. The molecule has 4 aromatic carbocycles. The molecule has 0 atom stereocenters. The van der Waals surface area contributed by atoms with Gasteiger partial charge in [-0.25, -0.2) is 0 Å². The van der Waals surface area contributed by atoms with E-state index >= 15 is 0 Å². The van der Waals surface area contributed by atoms with Crippen LogP contribution in [-0.2, 0) is 45.0 Å². The lowest BCUT2D eigenvalue weighted by atomic mass is 10.2. The maximum absolute atomic E-state index is 13.8. The third-order valence-electron chi connectivity index (χ3n) is 5.77. The molecule has 0 bridgehead atoms. The molecule has 4 rings (SSSR count). The maximum atomic E-state index is 13.8. The van der Waals surface area contributed by atoms with Gasteiger partial charge in [-0.3, -0.25) is 9.69 Å². The van der Waals surface area contributed by atoms with Crippen LogP contribution in [0.5, 0.6) is 0 Å². The molecule has 0 heterocycles. The van der Waals surface area contributed by atoms with Crippen molar-refractivity contribution in [2.24, 2.45) is 0 Å². The Morgan fingerprint density at radius 3 is 1.64 bits per heavy atom. The van der Waals surface area contributed by atoms with Crippen LogP contribution in [0.25, 0.3) is 0 Å². The average molecular weight is 536 g/mol. The largest absolute Gasteiger partial charge is 0.416 e. The van der Waals surface area contributed by atoms with Crippen LogP contribution in [0.1, 0.15) is 22.3 Å². The van der Waals surface area contributed by atoms with Gasteiger partial charge in [0.1, 0.15) is 6.73 Å². The second kappa shape index (κ2) is 13.7. The summed E-state index contributed by atoms with van der Waals surface area (Å²) in [5, 5.41) is 0. The summed E-state index contributed by atoms with van der Waals surface area (Å²) >= 11 is 0. The van der Waals surface area contributed by atoms with Crippen molar-refractivity contribution >= 4 is 11.6 Å². The van der Waals surface area contributed by atoms with Crippen LogP contribution < -0.4 is 4.90 Å². The van der Waals surface area contributed by atoms with Crippen molar-refractivity contribution < 1.29 is 32.2 Å². The van der Waals surface area contributed by atoms with E-state index in [0.717, 1.165) is 33.7 Å². The number of alkyl halides is 3. The Bertz CT molecular complexity index is 1260. The number of hydrogen-bond donors (Lipinski definition) is 0. The van der Waals surface area contributed by atoms with Crippen LogP contribution in [0, 0.1) is 0 Å². The van der Waals surface area contributed by atoms with E-state index in [4.69, 9.17) is 14.2 Å². The molecule has 1 amide bonds. The smallest absolute Gasteiger partial charge is 0.356 e. The van der Waals surface area contributed by atoms with Crippen molar-refractivity contribution in [2.75, 3.05) is 11.6 Å². The second-order valence-electron chi connectivity index (χ2n) is 8.70. The summed E-state index contributed by atoms with van der Waals surface area (Å²) in [5.41, 5.74) is 1.60. The normalized spacial score (nSPS) is 11.5. The third kappa shape index (κ3) is 8.51. The number of carbonyl (C=O) groups excluding carboxylic acids is 1. The fourth-order valence-electron chi connectivity index (χ4n) is 3.75. The highest BCUT2D eigenvalue weighted by Gasteiger charge is 2.33. The summed E-state index contributed by atoms with van der Waals surface area (Å²) in [6.45, 7) is -0.0282. The zero-order valence-corrected chi connectivity index (χ0v) is 21.1. The fraction of sp³-hybridized carbons (Fsp3) is 0.194. The molecule has 0 saturated carbocycles. The molecule has 0 aliphatic carbocycles. The third-order valence-corrected chi connectivity index (χ3v) is 5.77. The first kappa shape index (κ1) is 28.0. The zero-order valence-electron chi connectivity index (χ0n) is 21.1. The van der Waals surface area contributed by atoms with Gasteiger partial charge in [0.25, 0.3) is 5.91 Å². The van der Waals surface area contributed by atoms with Gasteiger partial charge in [0.05, 0.1) is 25.4 Å². The van der Waals surface area contributed by atoms with Crippen molar-refractivity contribution in [2.45, 2.75) is 32.3 Å². The van der Waals surface area contributed by atoms with Gasteiger partial charge in [0, 0.05) is 5.69 Å². The van der Waals surface area contributed by atoms with E-state index in [1.807, 2.05) is 91.0 Å². The minimum absolute atomic E-state index is 0.0134. The van der Waals surface area contributed by atoms with E-state index in [1.54, 1.807) is 0 Å². The van der Waals surface area contributed by atoms with Crippen LogP contribution in [0.15, 0.2) is 115 Å². The summed E-state index contributed by atoms with van der Waals surface area (Å²) < 4.78 is 58.0. The number of benzene rings is 4. The number of hydrogen-bond acceptors (Lipinski definition) is 4. The Morgan fingerprint density at radius 2 is 1.15 bits per heavy atom. The molecule has 4 aromatic rings. The monoisotopic (exact) mass is 535 g/mol. The van der Waals surface area contributed by atoms with Crippen LogP contribution in [0.3, 0.4) is 0 Å². The molecule has 5 nitrogen and oxygen atoms in total. The number of nitrogens with zero attached hydrogens (tertiary/aromatic N) is 1. The molecule has 0 unspecified atom stereocenters. The van der Waals surface area contributed by atoms with Gasteiger partial charge in [-0.15, -0.1) is 0 Å². The van der Waals surface area contributed by atoms with Crippen LogP contribution >= 0.6 is 0 Å². The second-order valence-corrected chi connectivity index (χ2v) is 8.70. The topological polar surface area (TPSA) is 48.0 Å². The minimum Gasteiger partial charge on any atom is -0.356 e. The van der Waals surface area contributed by atoms with Crippen LogP contribution in [-0.4, -0.2) is 18.9 Å². The van der Waals surface area contributed by atoms with Gasteiger partial charge in [-0.1, -0.05) is 97.1 Å². The predicted molar refractivity (Wildman–Crippen MR) is 141 cm³/mol. The average Bonchev–Trinajstić information content (AvgIpc) is 2.96. The van der Waals surface area contributed by atoms with E-state index in [2.05, 4.69) is 0 Å². The fourth-order valence-corrected chi connectivity index (χ4v) is 3.75. The molecule has 0 aliphatic heterocycles. The molecule has 0 fully saturated rings. The highest BCUT2D eigenvalue weighted by atomic mass is 19.4. The molecule has 0 radical (unpaired) electrons. The maximum Gasteiger partial charge on any atom is 0.416 e. The molecule has 0 N–H and O–H groups in total. The highest BCUT2D eigenvalue weighted by Crippen LogP contribution is 2.32. The first-order chi connectivity index (χ1) is 18.9. The number of rotatable bonds is 12. The van der Waals surface area contributed by atoms with Crippen LogP contribution in [0.4, 0.5) is 18.9 Å². The highest BCUT2D eigenvalue weighted by molar-refractivity contribution is 5.95. The molecule has 0 aliphatic rings. The van der Waals surface area contributed by atoms with Gasteiger partial charge in [-0.05, 0) is 34.9 Å². The standard InChI is InChI=1S/C31H28F3NO4/c32-31(33,34)27-17-10-18-28(19-27)35(23-37-20-24-11-4-1-5-12-24)29(36)30(38-21-25-13-6-2-7-14-25)39-22-26-15-8-3-9-16-26/h1-19,30H,20-23H2. The Kier molecular flexibility index (Phi) is 9.85. The van der Waals surface area contributed by atoms with Crippen molar-refractivity contribution in [3.05, 3.63) is 138 Å². The predicted octanol–water partition coefficient (Wildman–Crippen LogP) is 6.97. The number of amides is 1. The summed E-state index contributed by atoms with van der Waals surface area (Å²) in [5.74, 6) is -0.686. The molecular formula is C31H28F3NO4. The summed E-state index contributed by atoms with van der Waals surface area (Å²) in [4.78, 5) is 14.9. The minimum atomic E-state index is -4.58. The molecule has 0 saturated heterocycles. The molecule has 8 heteroatoms. The molecule has 0 spiro atoms. The van der Waals surface area contributed by atoms with E-state index < -0.39 is 23.9 Å². The van der Waals surface area contributed by atoms with Gasteiger partial charge >= 0.3 is 6.18 Å². The zero-order chi connectivity index (χ0) is 27.5. The number of ether oxygens (including phenoxy) is 3. The quantitative estimate of drug-likeness (QED) is 0.184. The van der Waals surface area contributed by atoms with Gasteiger partial charge in [-0.2, -0.15) is 13.2 Å². The van der Waals surface area contributed by atoms with E-state index in [0.29, 0.717) is 0 Å². The molecule has 0 aromatic heterocycles. The van der Waals surface area contributed by atoms with Crippen molar-refractivity contribution in [3.8, 4) is 0 Å². The summed E-state index contributed by atoms with van der Waals surface area (Å²) in [7, 11) is 0. The van der Waals surface area contributed by atoms with E-state index in [-0.39, 0.29) is 32.2 Å². The van der Waals surface area contributed by atoms with Gasteiger partial charge in [0.2, 0.25) is 6.29 Å². The van der Waals surface area contributed by atoms with E-state index in [1.165, 1.54) is 12.1 Å². The first-order valence-electron chi connectivity index (χ1n) is 12.3. The van der Waals surface area contributed by atoms with E-state index in [9.17, 15) is 18.0 Å². The van der Waals surface area contributed by atoms with Crippen molar-refractivity contribution in [1.82, 2.24) is 0 Å². The lowest BCUT2D eigenvalue weighted by Gasteiger charge is -2.28. The van der Waals surface area contributed by atoms with Crippen molar-refractivity contribution in [3.63, 3.8) is 0 Å². The Labute approximate surface area is 225 Å². The Hall–Kier alpha value is -3.98. The van der Waals surface area contributed by atoms with Gasteiger partial charge < -0.3 is 14.2 Å². The first-order valence-corrected chi connectivity index (χ1v) is 12.3. The summed E-state index contributed by atoms with van der Waals surface area (Å²) in [6, 6.07) is 32.2. The SMILES string of the molecule is O=C(C(OCc1ccccc1)OCc1ccccc1)N(COCc1ccccc1)c1cccc(C(F)(F)F)c1. The lowest BCUT2D eigenvalue weighted by molar-refractivity contribution is -0.177. The number of anilines is 1. The molecule has 39 heavy (non-hydrogen) atoms. The molecule has 202 valence electrons. The lowest BCUT2D eigenvalue weighted by Crippen LogP contribution is -2.43. The molecular weight excluding hydrogens is 507 g/mol. The van der Waals surface area contributed by atoms with Gasteiger partial charge in [0.15, 0.2) is 0 Å². The number of carbonyl (C=O) groups is 1. The summed E-state index contributed by atoms with van der Waals surface area (Å²) in [6.07, 6.45) is -5.98. The Balaban J connectivity index is 1.58.